The fourth-order valence-electron chi connectivity index (χ4n) is 3.39. The van der Waals surface area contributed by atoms with E-state index in [9.17, 15) is 0 Å². The Morgan fingerprint density at radius 2 is 1.00 bits per heavy atom. The summed E-state index contributed by atoms with van der Waals surface area (Å²) < 4.78 is 0. The van der Waals surface area contributed by atoms with Crippen molar-refractivity contribution in [2.75, 3.05) is 0 Å². The number of benzene rings is 2. The highest BCUT2D eigenvalue weighted by Gasteiger charge is 2.15. The first kappa shape index (κ1) is 16.8. The van der Waals surface area contributed by atoms with Crippen LogP contribution in [0, 0.1) is 25.7 Å². The lowest BCUT2D eigenvalue weighted by Crippen LogP contribution is -2.04. The average Bonchev–Trinajstić information content (AvgIpc) is 2.40. The Balaban J connectivity index is 2.65. The van der Waals surface area contributed by atoms with Gasteiger partial charge in [0.1, 0.15) is 0 Å². The molecular weight excluding hydrogens is 264 g/mol. The Labute approximate surface area is 136 Å². The molecule has 22 heavy (non-hydrogen) atoms. The molecule has 0 unspecified atom stereocenters. The lowest BCUT2D eigenvalue weighted by molar-refractivity contribution is 0.644. The molecule has 0 nitrogen and oxygen atoms in total. The van der Waals surface area contributed by atoms with E-state index < -0.39 is 0 Å². The summed E-state index contributed by atoms with van der Waals surface area (Å²) in [4.78, 5) is 0. The van der Waals surface area contributed by atoms with Crippen molar-refractivity contribution in [1.82, 2.24) is 0 Å². The second-order valence-electron chi connectivity index (χ2n) is 7.41. The minimum absolute atomic E-state index is 0.679. The predicted molar refractivity (Wildman–Crippen MR) is 98.4 cm³/mol. The Morgan fingerprint density at radius 1 is 0.636 bits per heavy atom. The van der Waals surface area contributed by atoms with Gasteiger partial charge in [0.25, 0.3) is 0 Å². The molecule has 0 aromatic heterocycles. The van der Waals surface area contributed by atoms with Crippen LogP contribution in [0.4, 0.5) is 0 Å². The summed E-state index contributed by atoms with van der Waals surface area (Å²) in [6, 6.07) is 13.5. The summed E-state index contributed by atoms with van der Waals surface area (Å²) in [5.41, 5.74) is 8.74. The zero-order chi connectivity index (χ0) is 16.3. The van der Waals surface area contributed by atoms with E-state index >= 15 is 0 Å². The quantitative estimate of drug-likeness (QED) is 0.601. The van der Waals surface area contributed by atoms with Crippen LogP contribution in [0.25, 0.3) is 11.1 Å². The van der Waals surface area contributed by atoms with Crippen LogP contribution < -0.4 is 0 Å². The molecule has 0 amide bonds. The Hall–Kier alpha value is -1.56. The monoisotopic (exact) mass is 294 g/mol. The molecule has 0 aliphatic heterocycles. The molecule has 0 saturated heterocycles. The number of rotatable bonds is 5. The summed E-state index contributed by atoms with van der Waals surface area (Å²) in [7, 11) is 0. The van der Waals surface area contributed by atoms with Crippen molar-refractivity contribution >= 4 is 0 Å². The predicted octanol–water partition coefficient (Wildman–Crippen LogP) is 6.37. The standard InChI is InChI=1S/C22H30/c1-15(2)13-19-11-7-9-17(5)21(19)22-18(6)10-8-12-20(22)14-16(3)4/h7-12,15-16H,13-14H2,1-6H3. The normalized spacial score (nSPS) is 11.5. The van der Waals surface area contributed by atoms with E-state index in [1.165, 1.54) is 33.4 Å². The van der Waals surface area contributed by atoms with Crippen LogP contribution in [0.15, 0.2) is 36.4 Å². The molecule has 0 aliphatic rings. The average molecular weight is 294 g/mol. The minimum atomic E-state index is 0.679. The maximum absolute atomic E-state index is 2.31. The summed E-state index contributed by atoms with van der Waals surface area (Å²) >= 11 is 0. The zero-order valence-electron chi connectivity index (χ0n) is 15.0. The van der Waals surface area contributed by atoms with Crippen molar-refractivity contribution in [1.29, 1.82) is 0 Å². The molecule has 0 heterocycles. The zero-order valence-corrected chi connectivity index (χ0v) is 15.0. The first-order chi connectivity index (χ1) is 10.4. The van der Waals surface area contributed by atoms with Crippen LogP contribution in [0.1, 0.15) is 49.9 Å². The van der Waals surface area contributed by atoms with Crippen LogP contribution >= 0.6 is 0 Å². The van der Waals surface area contributed by atoms with Crippen molar-refractivity contribution in [2.45, 2.75) is 54.4 Å². The van der Waals surface area contributed by atoms with Crippen molar-refractivity contribution < 1.29 is 0 Å². The van der Waals surface area contributed by atoms with Gasteiger partial charge in [-0.15, -0.1) is 0 Å². The van der Waals surface area contributed by atoms with E-state index in [4.69, 9.17) is 0 Å². The molecule has 0 radical (unpaired) electrons. The van der Waals surface area contributed by atoms with E-state index in [2.05, 4.69) is 77.9 Å². The molecule has 0 saturated carbocycles. The first-order valence-electron chi connectivity index (χ1n) is 8.57. The van der Waals surface area contributed by atoms with Crippen LogP contribution in [-0.4, -0.2) is 0 Å². The number of hydrogen-bond donors (Lipinski definition) is 0. The van der Waals surface area contributed by atoms with Crippen molar-refractivity contribution in [2.24, 2.45) is 11.8 Å². The van der Waals surface area contributed by atoms with Gasteiger partial charge in [0.15, 0.2) is 0 Å². The Morgan fingerprint density at radius 3 is 1.32 bits per heavy atom. The topological polar surface area (TPSA) is 0 Å². The second kappa shape index (κ2) is 7.13. The SMILES string of the molecule is Cc1cccc(CC(C)C)c1-c1c(C)cccc1CC(C)C. The van der Waals surface area contributed by atoms with Crippen molar-refractivity contribution in [3.05, 3.63) is 58.7 Å². The van der Waals surface area contributed by atoms with E-state index in [0.29, 0.717) is 11.8 Å². The maximum atomic E-state index is 2.31. The van der Waals surface area contributed by atoms with E-state index in [-0.39, 0.29) is 0 Å². The Bertz CT molecular complexity index is 575. The fourth-order valence-corrected chi connectivity index (χ4v) is 3.39. The van der Waals surface area contributed by atoms with Gasteiger partial charge in [-0.2, -0.15) is 0 Å². The van der Waals surface area contributed by atoms with E-state index in [0.717, 1.165) is 12.8 Å². The van der Waals surface area contributed by atoms with Gasteiger partial charge in [-0.05, 0) is 71.9 Å². The van der Waals surface area contributed by atoms with Gasteiger partial charge in [0.2, 0.25) is 0 Å². The van der Waals surface area contributed by atoms with Gasteiger partial charge < -0.3 is 0 Å². The number of hydrogen-bond acceptors (Lipinski definition) is 0. The molecular formula is C22H30. The molecule has 0 atom stereocenters. The highest BCUT2D eigenvalue weighted by atomic mass is 14.2. The first-order valence-corrected chi connectivity index (χ1v) is 8.57. The largest absolute Gasteiger partial charge is 0.0625 e. The number of aryl methyl sites for hydroxylation is 2. The van der Waals surface area contributed by atoms with Gasteiger partial charge in [-0.3, -0.25) is 0 Å². The van der Waals surface area contributed by atoms with Crippen molar-refractivity contribution in [3.63, 3.8) is 0 Å². The molecule has 2 aromatic carbocycles. The lowest BCUT2D eigenvalue weighted by atomic mass is 9.84. The highest BCUT2D eigenvalue weighted by molar-refractivity contribution is 5.76. The summed E-state index contributed by atoms with van der Waals surface area (Å²) in [6.07, 6.45) is 2.29. The molecule has 0 fully saturated rings. The van der Waals surface area contributed by atoms with Gasteiger partial charge in [-0.1, -0.05) is 64.1 Å². The van der Waals surface area contributed by atoms with Gasteiger partial charge in [-0.25, -0.2) is 0 Å². The third-order valence-electron chi connectivity index (χ3n) is 4.22. The van der Waals surface area contributed by atoms with Gasteiger partial charge in [0, 0.05) is 0 Å². The summed E-state index contributed by atoms with van der Waals surface area (Å²) in [5.74, 6) is 1.36. The lowest BCUT2D eigenvalue weighted by Gasteiger charge is -2.20. The molecule has 0 aliphatic carbocycles. The summed E-state index contributed by atoms with van der Waals surface area (Å²) in [6.45, 7) is 13.7. The molecule has 0 spiro atoms. The smallest absolute Gasteiger partial charge is 0.0117 e. The molecule has 0 bridgehead atoms. The van der Waals surface area contributed by atoms with Crippen LogP contribution in [0.5, 0.6) is 0 Å². The fraction of sp³-hybridized carbons (Fsp3) is 0.455. The molecule has 2 rings (SSSR count). The van der Waals surface area contributed by atoms with E-state index in [1.54, 1.807) is 0 Å². The third kappa shape index (κ3) is 3.80. The van der Waals surface area contributed by atoms with Crippen LogP contribution in [-0.2, 0) is 12.8 Å². The van der Waals surface area contributed by atoms with Crippen LogP contribution in [0.3, 0.4) is 0 Å². The molecule has 118 valence electrons. The Kier molecular flexibility index (Phi) is 5.45. The molecule has 0 heteroatoms. The van der Waals surface area contributed by atoms with E-state index in [1.807, 2.05) is 0 Å². The van der Waals surface area contributed by atoms with Gasteiger partial charge >= 0.3 is 0 Å². The molecule has 0 N–H and O–H groups in total. The van der Waals surface area contributed by atoms with Crippen molar-refractivity contribution in [3.8, 4) is 11.1 Å². The van der Waals surface area contributed by atoms with Crippen LogP contribution in [0.2, 0.25) is 0 Å². The van der Waals surface area contributed by atoms with Gasteiger partial charge in [0.05, 0.1) is 0 Å². The highest BCUT2D eigenvalue weighted by Crippen LogP contribution is 2.35. The maximum Gasteiger partial charge on any atom is -0.0117 e. The minimum Gasteiger partial charge on any atom is -0.0625 e. The third-order valence-corrected chi connectivity index (χ3v) is 4.22. The second-order valence-corrected chi connectivity index (χ2v) is 7.41. The molecule has 2 aromatic rings. The summed E-state index contributed by atoms with van der Waals surface area (Å²) in [5, 5.41) is 0.